The Morgan fingerprint density at radius 2 is 1.64 bits per heavy atom. The van der Waals surface area contributed by atoms with E-state index in [1.54, 1.807) is 21.6 Å². The van der Waals surface area contributed by atoms with E-state index >= 15 is 0 Å². The summed E-state index contributed by atoms with van der Waals surface area (Å²) in [4.78, 5) is 57.8. The summed E-state index contributed by atoms with van der Waals surface area (Å²) in [5.41, 5.74) is 8.43. The molecule has 1 unspecified atom stereocenters. The van der Waals surface area contributed by atoms with E-state index in [0.29, 0.717) is 72.0 Å². The molecule has 11 rings (SSSR count). The minimum absolute atomic E-state index is 0.227. The first-order valence-corrected chi connectivity index (χ1v) is 23.1. The Kier molecular flexibility index (Phi) is 10.3. The Bertz CT molecular complexity index is 2910. The van der Waals surface area contributed by atoms with Crippen LogP contribution in [0.5, 0.6) is 0 Å². The molecule has 1 saturated heterocycles. The SMILES string of the molecule is C=CCn1c(=O)c2cnc(Nc3ccc4c(c3)CCN([C@H]3CC[C@@H](N5CCc6ccc7c(C8CCC(=O)NC8=O)noc7c6CC5)CC3)C4)nc2n1-c1ccc2c(n1)[C@@](O)(CC)CC2. The fourth-order valence-corrected chi connectivity index (χ4v) is 11.3. The van der Waals surface area contributed by atoms with Gasteiger partial charge in [0.05, 0.1) is 18.2 Å². The van der Waals surface area contributed by atoms with Crippen molar-refractivity contribution in [2.24, 2.45) is 0 Å². The molecule has 5 aliphatic rings. The van der Waals surface area contributed by atoms with Gasteiger partial charge in [-0.3, -0.25) is 29.5 Å². The van der Waals surface area contributed by atoms with E-state index < -0.39 is 11.5 Å². The van der Waals surface area contributed by atoms with Crippen molar-refractivity contribution in [3.05, 3.63) is 111 Å². The van der Waals surface area contributed by atoms with Crippen LogP contribution < -0.4 is 16.2 Å². The van der Waals surface area contributed by atoms with E-state index in [0.717, 1.165) is 74.1 Å². The summed E-state index contributed by atoms with van der Waals surface area (Å²) < 4.78 is 9.23. The van der Waals surface area contributed by atoms with Gasteiger partial charge in [-0.2, -0.15) is 4.98 Å². The number of amides is 2. The number of fused-ring (bicyclic) bond motifs is 6. The zero-order chi connectivity index (χ0) is 43.7. The van der Waals surface area contributed by atoms with E-state index in [1.807, 2.05) is 19.1 Å². The Labute approximate surface area is 370 Å². The first kappa shape index (κ1) is 40.7. The molecule has 4 aromatic heterocycles. The number of carbonyl (C=O) groups is 2. The van der Waals surface area contributed by atoms with Crippen molar-refractivity contribution in [3.8, 4) is 5.82 Å². The molecule has 15 nitrogen and oxygen atoms in total. The van der Waals surface area contributed by atoms with Crippen LogP contribution in [0.4, 0.5) is 11.6 Å². The third kappa shape index (κ3) is 7.04. The number of aromatic nitrogens is 6. The lowest BCUT2D eigenvalue weighted by Gasteiger charge is -2.42. The molecule has 2 aromatic carbocycles. The summed E-state index contributed by atoms with van der Waals surface area (Å²) in [5.74, 6) is -0.0727. The average Bonchev–Trinajstić information content (AvgIpc) is 3.91. The molecule has 15 heteroatoms. The van der Waals surface area contributed by atoms with Gasteiger partial charge in [-0.1, -0.05) is 36.4 Å². The summed E-state index contributed by atoms with van der Waals surface area (Å²) in [6, 6.07) is 15.8. The van der Waals surface area contributed by atoms with Crippen molar-refractivity contribution in [1.29, 1.82) is 0 Å². The number of nitrogens with zero attached hydrogens (tertiary/aromatic N) is 8. The van der Waals surface area contributed by atoms with E-state index in [4.69, 9.17) is 14.5 Å². The van der Waals surface area contributed by atoms with E-state index in [2.05, 4.69) is 67.5 Å². The molecule has 2 amide bonds. The number of piperidine rings is 1. The molecule has 0 radical (unpaired) electrons. The van der Waals surface area contributed by atoms with Gasteiger partial charge in [-0.15, -0.1) is 6.58 Å². The smallest absolute Gasteiger partial charge is 0.278 e. The van der Waals surface area contributed by atoms with E-state index in [9.17, 15) is 19.5 Å². The van der Waals surface area contributed by atoms with Gasteiger partial charge in [0, 0.05) is 67.5 Å². The Morgan fingerprint density at radius 1 is 0.875 bits per heavy atom. The number of imide groups is 1. The molecular weight excluding hydrogens is 809 g/mol. The molecule has 0 spiro atoms. The van der Waals surface area contributed by atoms with E-state index in [-0.39, 0.29) is 23.9 Å². The zero-order valence-corrected chi connectivity index (χ0v) is 36.3. The molecule has 2 atom stereocenters. The highest BCUT2D eigenvalue weighted by Crippen LogP contribution is 2.39. The van der Waals surface area contributed by atoms with Crippen LogP contribution in [-0.4, -0.2) is 87.9 Å². The van der Waals surface area contributed by atoms with Crippen LogP contribution in [0.1, 0.15) is 103 Å². The third-order valence-corrected chi connectivity index (χ3v) is 15.0. The maximum absolute atomic E-state index is 13.6. The van der Waals surface area contributed by atoms with Gasteiger partial charge in [0.1, 0.15) is 16.7 Å². The summed E-state index contributed by atoms with van der Waals surface area (Å²) in [6.45, 7) is 10.1. The minimum atomic E-state index is -0.991. The van der Waals surface area contributed by atoms with Gasteiger partial charge < -0.3 is 14.9 Å². The molecule has 6 aromatic rings. The number of hydrogen-bond donors (Lipinski definition) is 3. The first-order valence-electron chi connectivity index (χ1n) is 23.1. The molecule has 330 valence electrons. The number of anilines is 2. The number of nitrogens with one attached hydrogen (secondary N) is 2. The maximum atomic E-state index is 13.6. The van der Waals surface area contributed by atoms with Gasteiger partial charge in [0.25, 0.3) is 5.56 Å². The highest BCUT2D eigenvalue weighted by atomic mass is 16.5. The number of pyridine rings is 1. The standard InChI is InChI=1S/C49H54N10O5/c1-3-22-58-47(62)39-27-50-48(54-45(39)59(58)40-15-7-30-17-21-49(63,4-2)44(30)52-40)51-33-8-5-32-28-57(24-19-31(32)26-33)35-11-9-34(10-12-35)56-23-18-29-6-13-37-42(38-14-16-41(60)53-46(38)61)55-64-43(37)36(29)20-25-56/h3,5-8,13,15,26-27,34-35,38,63H,1,4,9-12,14,16-25,28H2,2H3,(H,50,51,54)(H,53,60,61)/t34-,35+,38?,49-/m1/s1. The molecule has 3 N–H and O–H groups in total. The number of aryl methyl sites for hydroxylation is 1. The van der Waals surface area contributed by atoms with Crippen LogP contribution in [0.2, 0.25) is 0 Å². The highest BCUT2D eigenvalue weighted by Gasteiger charge is 2.38. The molecule has 7 heterocycles. The predicted molar refractivity (Wildman–Crippen MR) is 242 cm³/mol. The van der Waals surface area contributed by atoms with Crippen molar-refractivity contribution in [2.75, 3.05) is 25.0 Å². The molecule has 3 aliphatic heterocycles. The van der Waals surface area contributed by atoms with Crippen LogP contribution in [0.15, 0.2) is 70.6 Å². The summed E-state index contributed by atoms with van der Waals surface area (Å²) in [7, 11) is 0. The molecule has 2 aliphatic carbocycles. The van der Waals surface area contributed by atoms with Crippen LogP contribution >= 0.6 is 0 Å². The van der Waals surface area contributed by atoms with Gasteiger partial charge in [0.15, 0.2) is 17.0 Å². The quantitative estimate of drug-likeness (QED) is 0.116. The number of carbonyl (C=O) groups excluding carboxylic acids is 2. The van der Waals surface area contributed by atoms with Crippen LogP contribution in [0.25, 0.3) is 27.8 Å². The first-order chi connectivity index (χ1) is 31.2. The number of benzene rings is 2. The Hall–Kier alpha value is -6.03. The summed E-state index contributed by atoms with van der Waals surface area (Å²) in [6.07, 6.45) is 13.5. The topological polar surface area (TPSA) is 177 Å². The average molecular weight is 863 g/mol. The Balaban J connectivity index is 0.736. The molecule has 64 heavy (non-hydrogen) atoms. The zero-order valence-electron chi connectivity index (χ0n) is 36.3. The number of hydrogen-bond acceptors (Lipinski definition) is 12. The maximum Gasteiger partial charge on any atom is 0.278 e. The second kappa shape index (κ2) is 16.2. The predicted octanol–water partition coefficient (Wildman–Crippen LogP) is 5.88. The van der Waals surface area contributed by atoms with Gasteiger partial charge in [-0.05, 0) is 117 Å². The highest BCUT2D eigenvalue weighted by molar-refractivity contribution is 6.02. The normalized spacial score (nSPS) is 24.0. The van der Waals surface area contributed by atoms with Crippen molar-refractivity contribution in [3.63, 3.8) is 0 Å². The number of allylic oxidation sites excluding steroid dienone is 1. The van der Waals surface area contributed by atoms with Crippen LogP contribution in [0, 0.1) is 0 Å². The lowest BCUT2D eigenvalue weighted by atomic mass is 9.87. The largest absolute Gasteiger partial charge is 0.384 e. The van der Waals surface area contributed by atoms with Crippen molar-refractivity contribution >= 4 is 45.5 Å². The summed E-state index contributed by atoms with van der Waals surface area (Å²) in [5, 5.41) is 22.9. The lowest BCUT2D eigenvalue weighted by molar-refractivity contribution is -0.134. The van der Waals surface area contributed by atoms with Crippen molar-refractivity contribution in [1.82, 2.24) is 44.6 Å². The van der Waals surface area contributed by atoms with Crippen LogP contribution in [-0.2, 0) is 54.0 Å². The minimum Gasteiger partial charge on any atom is -0.384 e. The second-order valence-corrected chi connectivity index (χ2v) is 18.5. The third-order valence-electron chi connectivity index (χ3n) is 15.0. The van der Waals surface area contributed by atoms with Gasteiger partial charge >= 0.3 is 0 Å². The lowest BCUT2D eigenvalue weighted by Crippen LogP contribution is -2.46. The fourth-order valence-electron chi connectivity index (χ4n) is 11.3. The van der Waals surface area contributed by atoms with Gasteiger partial charge in [-0.25, -0.2) is 19.3 Å². The van der Waals surface area contributed by atoms with Crippen molar-refractivity contribution < 1.29 is 19.2 Å². The monoisotopic (exact) mass is 862 g/mol. The summed E-state index contributed by atoms with van der Waals surface area (Å²) >= 11 is 0. The Morgan fingerprint density at radius 3 is 2.45 bits per heavy atom. The second-order valence-electron chi connectivity index (χ2n) is 18.5. The molecular formula is C49H54N10O5. The van der Waals surface area contributed by atoms with Gasteiger partial charge in [0.2, 0.25) is 17.8 Å². The molecule has 2 fully saturated rings. The number of aliphatic hydroxyl groups is 1. The fraction of sp³-hybridized carbons (Fsp3) is 0.449. The van der Waals surface area contributed by atoms with Crippen molar-refractivity contribution in [2.45, 2.75) is 121 Å². The number of rotatable bonds is 9. The molecule has 0 bridgehead atoms. The van der Waals surface area contributed by atoms with Crippen LogP contribution in [0.3, 0.4) is 0 Å². The molecule has 1 saturated carbocycles. The van der Waals surface area contributed by atoms with E-state index in [1.165, 1.54) is 47.9 Å².